The Labute approximate surface area is 195 Å². The number of hydrogen-bond donors (Lipinski definition) is 1. The molecule has 0 saturated heterocycles. The summed E-state index contributed by atoms with van der Waals surface area (Å²) in [6.07, 6.45) is 17.0. The molecule has 0 heterocycles. The third kappa shape index (κ3) is 5.65. The smallest absolute Gasteiger partial charge is 0.302 e. The van der Waals surface area contributed by atoms with Gasteiger partial charge in [-0.05, 0) is 78.8 Å². The van der Waals surface area contributed by atoms with Gasteiger partial charge in [-0.25, -0.2) is 0 Å². The molecule has 0 radical (unpaired) electrons. The van der Waals surface area contributed by atoms with Crippen molar-refractivity contribution in [2.24, 2.45) is 29.1 Å². The fraction of sp³-hybridized carbons (Fsp3) is 0.690. The highest BCUT2D eigenvalue weighted by molar-refractivity contribution is 5.66. The SMILES string of the molecule is C=C1/C(=C\C=C2/CCC[C@]3(C)[C@@H]([C@H](C)/C=C/CC(C)C)CC[C@@H]23)C[C@@H](OC(C)=O)C[C@@H]1O. The van der Waals surface area contributed by atoms with Crippen molar-refractivity contribution >= 4 is 5.97 Å². The van der Waals surface area contributed by atoms with Crippen LogP contribution in [0.15, 0.2) is 47.6 Å². The van der Waals surface area contributed by atoms with Crippen molar-refractivity contribution in [2.75, 3.05) is 0 Å². The zero-order chi connectivity index (χ0) is 23.5. The topological polar surface area (TPSA) is 46.5 Å². The summed E-state index contributed by atoms with van der Waals surface area (Å²) in [7, 11) is 0. The fourth-order valence-corrected chi connectivity index (χ4v) is 6.61. The summed E-state index contributed by atoms with van der Waals surface area (Å²) < 4.78 is 5.40. The molecule has 0 unspecified atom stereocenters. The highest BCUT2D eigenvalue weighted by atomic mass is 16.5. The second kappa shape index (κ2) is 10.5. The number of aliphatic hydroxyl groups is 1. The molecule has 32 heavy (non-hydrogen) atoms. The molecule has 3 nitrogen and oxygen atoms in total. The molecule has 0 aromatic carbocycles. The molecule has 3 aliphatic carbocycles. The lowest BCUT2D eigenvalue weighted by Crippen LogP contribution is -2.35. The van der Waals surface area contributed by atoms with E-state index in [2.05, 4.69) is 58.6 Å². The first kappa shape index (κ1) is 25.0. The molecule has 0 aliphatic heterocycles. The van der Waals surface area contributed by atoms with Gasteiger partial charge in [-0.3, -0.25) is 4.79 Å². The molecular weight excluding hydrogens is 396 g/mol. The highest BCUT2D eigenvalue weighted by Crippen LogP contribution is 2.59. The van der Waals surface area contributed by atoms with Crippen LogP contribution in [-0.4, -0.2) is 23.3 Å². The van der Waals surface area contributed by atoms with E-state index in [4.69, 9.17) is 4.74 Å². The number of allylic oxidation sites excluding steroid dienone is 5. The monoisotopic (exact) mass is 440 g/mol. The molecular formula is C29H44O3. The van der Waals surface area contributed by atoms with E-state index in [0.717, 1.165) is 29.4 Å². The van der Waals surface area contributed by atoms with Crippen LogP contribution in [0.4, 0.5) is 0 Å². The first-order chi connectivity index (χ1) is 15.1. The summed E-state index contributed by atoms with van der Waals surface area (Å²) >= 11 is 0. The van der Waals surface area contributed by atoms with Crippen molar-refractivity contribution < 1.29 is 14.6 Å². The van der Waals surface area contributed by atoms with Gasteiger partial charge in [0.15, 0.2) is 0 Å². The molecule has 0 aromatic rings. The zero-order valence-corrected chi connectivity index (χ0v) is 20.9. The summed E-state index contributed by atoms with van der Waals surface area (Å²) in [6, 6.07) is 0. The lowest BCUT2D eigenvalue weighted by Gasteiger charge is -2.44. The van der Waals surface area contributed by atoms with Gasteiger partial charge in [0.1, 0.15) is 6.10 Å². The maximum Gasteiger partial charge on any atom is 0.302 e. The van der Waals surface area contributed by atoms with Crippen LogP contribution in [0.25, 0.3) is 0 Å². The number of hydrogen-bond acceptors (Lipinski definition) is 3. The molecule has 0 amide bonds. The van der Waals surface area contributed by atoms with Crippen LogP contribution in [0.3, 0.4) is 0 Å². The van der Waals surface area contributed by atoms with Crippen LogP contribution in [0.1, 0.15) is 86.0 Å². The number of fused-ring (bicyclic) bond motifs is 1. The molecule has 1 N–H and O–H groups in total. The number of carbonyl (C=O) groups excluding carboxylic acids is 1. The molecule has 178 valence electrons. The van der Waals surface area contributed by atoms with Crippen LogP contribution >= 0.6 is 0 Å². The minimum Gasteiger partial charge on any atom is -0.462 e. The minimum atomic E-state index is -0.635. The van der Waals surface area contributed by atoms with Crippen molar-refractivity contribution in [1.29, 1.82) is 0 Å². The minimum absolute atomic E-state index is 0.261. The molecule has 3 aliphatic rings. The van der Waals surface area contributed by atoms with Gasteiger partial charge >= 0.3 is 5.97 Å². The lowest BCUT2D eigenvalue weighted by atomic mass is 9.61. The summed E-state index contributed by atoms with van der Waals surface area (Å²) in [5.41, 5.74) is 3.73. The summed E-state index contributed by atoms with van der Waals surface area (Å²) in [5.74, 6) is 2.44. The largest absolute Gasteiger partial charge is 0.462 e. The van der Waals surface area contributed by atoms with Gasteiger partial charge in [0.2, 0.25) is 0 Å². The second-order valence-electron chi connectivity index (χ2n) is 11.2. The van der Waals surface area contributed by atoms with E-state index < -0.39 is 6.10 Å². The standard InChI is InChI=1S/C29H44O3/c1-19(2)9-7-10-20(3)26-14-15-27-23(11-8-16-29(26,27)6)12-13-24-17-25(32-22(5)30)18-28(31)21(24)4/h7,10,12-13,19-20,25-28,31H,4,8-9,11,14-18H2,1-3,5-6H3/b10-7+,23-12+,24-13-/t20-,25-,26-,27+,28+,29-/m1/s1. The van der Waals surface area contributed by atoms with Crippen LogP contribution < -0.4 is 0 Å². The summed E-state index contributed by atoms with van der Waals surface area (Å²) in [4.78, 5) is 11.4. The van der Waals surface area contributed by atoms with Crippen LogP contribution in [0.2, 0.25) is 0 Å². The Kier molecular flexibility index (Phi) is 8.25. The van der Waals surface area contributed by atoms with Crippen molar-refractivity contribution in [3.05, 3.63) is 47.6 Å². The van der Waals surface area contributed by atoms with E-state index in [9.17, 15) is 9.90 Å². The van der Waals surface area contributed by atoms with Gasteiger partial charge in [0, 0.05) is 19.8 Å². The summed E-state index contributed by atoms with van der Waals surface area (Å²) in [6.45, 7) is 15.1. The Morgan fingerprint density at radius 3 is 2.72 bits per heavy atom. The quantitative estimate of drug-likeness (QED) is 0.359. The zero-order valence-electron chi connectivity index (χ0n) is 20.9. The van der Waals surface area contributed by atoms with Gasteiger partial charge < -0.3 is 9.84 Å². The third-order valence-electron chi connectivity index (χ3n) is 8.30. The molecule has 0 aromatic heterocycles. The predicted octanol–water partition coefficient (Wildman–Crippen LogP) is 6.94. The van der Waals surface area contributed by atoms with Crippen LogP contribution in [0, 0.1) is 29.1 Å². The molecule has 6 atom stereocenters. The Balaban J connectivity index is 1.76. The Morgan fingerprint density at radius 1 is 1.28 bits per heavy atom. The first-order valence-corrected chi connectivity index (χ1v) is 12.7. The summed E-state index contributed by atoms with van der Waals surface area (Å²) in [5, 5.41) is 10.4. The number of rotatable bonds is 6. The van der Waals surface area contributed by atoms with Crippen molar-refractivity contribution in [2.45, 2.75) is 98.2 Å². The van der Waals surface area contributed by atoms with Crippen molar-refractivity contribution in [1.82, 2.24) is 0 Å². The maximum atomic E-state index is 11.4. The molecule has 3 saturated carbocycles. The second-order valence-corrected chi connectivity index (χ2v) is 11.2. The third-order valence-corrected chi connectivity index (χ3v) is 8.30. The van der Waals surface area contributed by atoms with Gasteiger partial charge in [0.05, 0.1) is 6.10 Å². The van der Waals surface area contributed by atoms with Gasteiger partial charge in [-0.1, -0.05) is 64.2 Å². The Morgan fingerprint density at radius 2 is 2.03 bits per heavy atom. The predicted molar refractivity (Wildman–Crippen MR) is 132 cm³/mol. The Hall–Kier alpha value is -1.61. The fourth-order valence-electron chi connectivity index (χ4n) is 6.61. The average molecular weight is 441 g/mol. The molecule has 0 spiro atoms. The van der Waals surface area contributed by atoms with Gasteiger partial charge in [0.25, 0.3) is 0 Å². The average Bonchev–Trinajstić information content (AvgIpc) is 3.06. The number of ether oxygens (including phenoxy) is 1. The highest BCUT2D eigenvalue weighted by Gasteiger charge is 2.50. The number of esters is 1. The van der Waals surface area contributed by atoms with E-state index in [1.807, 2.05) is 0 Å². The first-order valence-electron chi connectivity index (χ1n) is 12.7. The van der Waals surface area contributed by atoms with Crippen molar-refractivity contribution in [3.8, 4) is 0 Å². The molecule has 3 rings (SSSR count). The van der Waals surface area contributed by atoms with Gasteiger partial charge in [-0.15, -0.1) is 0 Å². The van der Waals surface area contributed by atoms with E-state index in [1.165, 1.54) is 39.0 Å². The van der Waals surface area contributed by atoms with Gasteiger partial charge in [-0.2, -0.15) is 0 Å². The van der Waals surface area contributed by atoms with E-state index in [0.29, 0.717) is 30.1 Å². The normalized spacial score (nSPS) is 36.8. The molecule has 0 bridgehead atoms. The van der Waals surface area contributed by atoms with Crippen molar-refractivity contribution in [3.63, 3.8) is 0 Å². The van der Waals surface area contributed by atoms with Crippen LogP contribution in [0.5, 0.6) is 0 Å². The Bertz CT molecular complexity index is 786. The molecule has 3 heteroatoms. The number of carbonyl (C=O) groups is 1. The van der Waals surface area contributed by atoms with E-state index in [1.54, 1.807) is 5.57 Å². The van der Waals surface area contributed by atoms with Crippen LogP contribution in [-0.2, 0) is 9.53 Å². The van der Waals surface area contributed by atoms with E-state index >= 15 is 0 Å². The lowest BCUT2D eigenvalue weighted by molar-refractivity contribution is -0.147. The molecule has 3 fully saturated rings. The van der Waals surface area contributed by atoms with E-state index in [-0.39, 0.29) is 12.1 Å². The number of aliphatic hydroxyl groups excluding tert-OH is 1. The maximum absolute atomic E-state index is 11.4.